The van der Waals surface area contributed by atoms with Crippen molar-refractivity contribution in [1.82, 2.24) is 4.90 Å². The smallest absolute Gasteiger partial charge is 0.00192 e. The fourth-order valence-corrected chi connectivity index (χ4v) is 1.14. The highest BCUT2D eigenvalue weighted by Gasteiger charge is 2.10. The molecule has 90 valence electrons. The van der Waals surface area contributed by atoms with Crippen LogP contribution < -0.4 is 0 Å². The van der Waals surface area contributed by atoms with Gasteiger partial charge in [-0.05, 0) is 38.9 Å². The van der Waals surface area contributed by atoms with E-state index in [1.165, 1.54) is 25.9 Å². The van der Waals surface area contributed by atoms with Crippen molar-refractivity contribution >= 4 is 0 Å². The standard InChI is InChI=1S/C7H15N.3C2H6/c1-7-3-5-8(2)6-4-7;3*1-2/h7H,3-6H2,1-2H3;3*1-2H3. The minimum absolute atomic E-state index is 0.978. The molecule has 1 aliphatic heterocycles. The molecule has 0 amide bonds. The molecule has 0 unspecified atom stereocenters. The second-order valence-electron chi connectivity index (χ2n) is 2.99. The number of hydrogen-bond donors (Lipinski definition) is 0. The summed E-state index contributed by atoms with van der Waals surface area (Å²) in [6, 6.07) is 0. The molecule has 0 aromatic heterocycles. The molecule has 0 spiro atoms. The van der Waals surface area contributed by atoms with E-state index >= 15 is 0 Å². The largest absolute Gasteiger partial charge is 0.306 e. The van der Waals surface area contributed by atoms with E-state index in [0.717, 1.165) is 5.92 Å². The zero-order valence-electron chi connectivity index (χ0n) is 11.9. The van der Waals surface area contributed by atoms with Gasteiger partial charge in [-0.15, -0.1) is 0 Å². The van der Waals surface area contributed by atoms with E-state index < -0.39 is 0 Å². The van der Waals surface area contributed by atoms with Gasteiger partial charge >= 0.3 is 0 Å². The SMILES string of the molecule is CC.CC.CC.CC1CCN(C)CC1. The number of likely N-dealkylation sites (tertiary alicyclic amines) is 1. The van der Waals surface area contributed by atoms with Crippen molar-refractivity contribution in [2.24, 2.45) is 5.92 Å². The Morgan fingerprint density at radius 2 is 1.07 bits per heavy atom. The average Bonchev–Trinajstić information content (AvgIpc) is 2.31. The topological polar surface area (TPSA) is 3.24 Å². The van der Waals surface area contributed by atoms with Crippen LogP contribution in [-0.4, -0.2) is 25.0 Å². The van der Waals surface area contributed by atoms with E-state index in [1.807, 2.05) is 41.5 Å². The van der Waals surface area contributed by atoms with Crippen LogP contribution in [-0.2, 0) is 0 Å². The Kier molecular flexibility index (Phi) is 26.1. The lowest BCUT2D eigenvalue weighted by Crippen LogP contribution is -2.28. The van der Waals surface area contributed by atoms with Crippen LogP contribution in [0.5, 0.6) is 0 Å². The maximum absolute atomic E-state index is 2.40. The average molecular weight is 203 g/mol. The van der Waals surface area contributed by atoms with E-state index in [9.17, 15) is 0 Å². The van der Waals surface area contributed by atoms with Gasteiger partial charge in [0.1, 0.15) is 0 Å². The Balaban J connectivity index is -0.000000174. The van der Waals surface area contributed by atoms with Crippen molar-refractivity contribution in [3.05, 3.63) is 0 Å². The Morgan fingerprint density at radius 3 is 1.29 bits per heavy atom. The maximum atomic E-state index is 2.40. The van der Waals surface area contributed by atoms with Gasteiger partial charge in [0.25, 0.3) is 0 Å². The molecule has 1 fully saturated rings. The summed E-state index contributed by atoms with van der Waals surface area (Å²) in [5.41, 5.74) is 0. The lowest BCUT2D eigenvalue weighted by atomic mass is 10.00. The Morgan fingerprint density at radius 1 is 0.786 bits per heavy atom. The molecular weight excluding hydrogens is 170 g/mol. The van der Waals surface area contributed by atoms with Crippen LogP contribution in [0, 0.1) is 5.92 Å². The first-order valence-corrected chi connectivity index (χ1v) is 6.47. The van der Waals surface area contributed by atoms with E-state index in [1.54, 1.807) is 0 Å². The zero-order chi connectivity index (χ0) is 12.0. The second kappa shape index (κ2) is 18.7. The Bertz CT molecular complexity index is 53.6. The third-order valence-corrected chi connectivity index (χ3v) is 2.01. The van der Waals surface area contributed by atoms with Gasteiger partial charge in [-0.3, -0.25) is 0 Å². The van der Waals surface area contributed by atoms with Crippen molar-refractivity contribution in [1.29, 1.82) is 0 Å². The Hall–Kier alpha value is -0.0400. The number of piperidine rings is 1. The van der Waals surface area contributed by atoms with Crippen LogP contribution in [0.15, 0.2) is 0 Å². The lowest BCUT2D eigenvalue weighted by Gasteiger charge is -2.26. The zero-order valence-corrected chi connectivity index (χ0v) is 11.9. The minimum Gasteiger partial charge on any atom is -0.306 e. The summed E-state index contributed by atoms with van der Waals surface area (Å²) in [6.07, 6.45) is 2.80. The first-order valence-electron chi connectivity index (χ1n) is 6.47. The Labute approximate surface area is 92.9 Å². The molecule has 1 saturated heterocycles. The fourth-order valence-electron chi connectivity index (χ4n) is 1.14. The van der Waals surface area contributed by atoms with Crippen LogP contribution in [0.4, 0.5) is 0 Å². The van der Waals surface area contributed by atoms with E-state index in [2.05, 4.69) is 18.9 Å². The monoisotopic (exact) mass is 203 g/mol. The van der Waals surface area contributed by atoms with E-state index in [0.29, 0.717) is 0 Å². The molecular formula is C13H33N. The van der Waals surface area contributed by atoms with Gasteiger partial charge in [0.2, 0.25) is 0 Å². The maximum Gasteiger partial charge on any atom is -0.00192 e. The molecule has 0 aromatic rings. The van der Waals surface area contributed by atoms with Crippen molar-refractivity contribution in [3.63, 3.8) is 0 Å². The van der Waals surface area contributed by atoms with Crippen LogP contribution in [0.1, 0.15) is 61.3 Å². The van der Waals surface area contributed by atoms with Gasteiger partial charge in [0.15, 0.2) is 0 Å². The van der Waals surface area contributed by atoms with Crippen molar-refractivity contribution in [2.45, 2.75) is 61.3 Å². The molecule has 0 aliphatic carbocycles. The van der Waals surface area contributed by atoms with E-state index in [-0.39, 0.29) is 0 Å². The third kappa shape index (κ3) is 14.5. The molecule has 1 heteroatoms. The second-order valence-corrected chi connectivity index (χ2v) is 2.99. The first kappa shape index (κ1) is 19.5. The summed E-state index contributed by atoms with van der Waals surface area (Å²) in [5.74, 6) is 0.978. The number of rotatable bonds is 0. The molecule has 1 aliphatic rings. The normalized spacial score (nSPS) is 16.3. The van der Waals surface area contributed by atoms with Crippen LogP contribution in [0.3, 0.4) is 0 Å². The van der Waals surface area contributed by atoms with Gasteiger partial charge in [-0.1, -0.05) is 48.5 Å². The highest BCUT2D eigenvalue weighted by Crippen LogP contribution is 2.13. The highest BCUT2D eigenvalue weighted by atomic mass is 15.1. The summed E-state index contributed by atoms with van der Waals surface area (Å²) in [6.45, 7) is 17.0. The number of hydrogen-bond acceptors (Lipinski definition) is 1. The summed E-state index contributed by atoms with van der Waals surface area (Å²) in [7, 11) is 2.20. The predicted octanol–water partition coefficient (Wildman–Crippen LogP) is 4.43. The van der Waals surface area contributed by atoms with Crippen molar-refractivity contribution in [2.75, 3.05) is 20.1 Å². The molecule has 0 N–H and O–H groups in total. The molecule has 1 nitrogen and oxygen atoms in total. The van der Waals surface area contributed by atoms with Gasteiger partial charge in [-0.25, -0.2) is 0 Å². The van der Waals surface area contributed by atoms with Crippen molar-refractivity contribution < 1.29 is 0 Å². The molecule has 0 atom stereocenters. The summed E-state index contributed by atoms with van der Waals surface area (Å²) < 4.78 is 0. The fraction of sp³-hybridized carbons (Fsp3) is 1.00. The minimum atomic E-state index is 0.978. The predicted molar refractivity (Wildman–Crippen MR) is 69.9 cm³/mol. The van der Waals surface area contributed by atoms with Gasteiger partial charge in [0.05, 0.1) is 0 Å². The molecule has 1 heterocycles. The quantitative estimate of drug-likeness (QED) is 0.563. The molecule has 14 heavy (non-hydrogen) atoms. The summed E-state index contributed by atoms with van der Waals surface area (Å²) in [4.78, 5) is 2.40. The molecule has 0 bridgehead atoms. The van der Waals surface area contributed by atoms with Crippen LogP contribution in [0.2, 0.25) is 0 Å². The van der Waals surface area contributed by atoms with Gasteiger partial charge < -0.3 is 4.90 Å². The third-order valence-electron chi connectivity index (χ3n) is 2.01. The van der Waals surface area contributed by atoms with Gasteiger partial charge in [0, 0.05) is 0 Å². The molecule has 0 saturated carbocycles. The summed E-state index contributed by atoms with van der Waals surface area (Å²) in [5, 5.41) is 0. The molecule has 0 radical (unpaired) electrons. The molecule has 1 rings (SSSR count). The highest BCUT2D eigenvalue weighted by molar-refractivity contribution is 4.65. The van der Waals surface area contributed by atoms with Crippen LogP contribution >= 0.6 is 0 Å². The molecule has 0 aromatic carbocycles. The van der Waals surface area contributed by atoms with E-state index in [4.69, 9.17) is 0 Å². The lowest BCUT2D eigenvalue weighted by molar-refractivity contribution is 0.230. The van der Waals surface area contributed by atoms with Crippen molar-refractivity contribution in [3.8, 4) is 0 Å². The van der Waals surface area contributed by atoms with Gasteiger partial charge in [-0.2, -0.15) is 0 Å². The first-order chi connectivity index (χ1) is 6.79. The van der Waals surface area contributed by atoms with Crippen LogP contribution in [0.25, 0.3) is 0 Å². The number of nitrogens with zero attached hydrogens (tertiary/aromatic N) is 1. The summed E-state index contributed by atoms with van der Waals surface area (Å²) >= 11 is 0.